The lowest BCUT2D eigenvalue weighted by Crippen LogP contribution is -2.47. The van der Waals surface area contributed by atoms with Crippen LogP contribution in [0.25, 0.3) is 16.9 Å². The molecule has 2 unspecified atom stereocenters. The summed E-state index contributed by atoms with van der Waals surface area (Å²) in [6.07, 6.45) is -0.892. The van der Waals surface area contributed by atoms with E-state index < -0.39 is 11.7 Å². The molecule has 0 spiro atoms. The van der Waals surface area contributed by atoms with Crippen LogP contribution in [-0.4, -0.2) is 46.7 Å². The van der Waals surface area contributed by atoms with Crippen LogP contribution in [-0.2, 0) is 6.18 Å². The van der Waals surface area contributed by atoms with E-state index in [0.717, 1.165) is 43.1 Å². The standard InChI is InChI=1S/C26H27F3N4O/c1-16(2)32-10-9-23-21(15-32)20-6-5-19(13-24(20)31(23)3)33-11-8-17(12-25(33)34)22-7-4-18(14-30-22)26(27,28)29/h4-8,11-14,16,21,23H,9-10,15H2,1-3H3. The van der Waals surface area contributed by atoms with Gasteiger partial charge in [-0.15, -0.1) is 0 Å². The first-order chi connectivity index (χ1) is 16.1. The third-order valence-electron chi connectivity index (χ3n) is 7.21. The van der Waals surface area contributed by atoms with Crippen molar-refractivity contribution in [3.63, 3.8) is 0 Å². The Bertz CT molecular complexity index is 1270. The summed E-state index contributed by atoms with van der Waals surface area (Å²) in [5.41, 5.74) is 2.96. The Morgan fingerprint density at radius 2 is 1.88 bits per heavy atom. The van der Waals surface area contributed by atoms with Crippen LogP contribution < -0.4 is 10.5 Å². The molecule has 4 heterocycles. The van der Waals surface area contributed by atoms with E-state index >= 15 is 0 Å². The quantitative estimate of drug-likeness (QED) is 0.547. The normalized spacial score (nSPS) is 20.5. The largest absolute Gasteiger partial charge is 0.417 e. The van der Waals surface area contributed by atoms with Gasteiger partial charge in [0.1, 0.15) is 0 Å². The lowest BCUT2D eigenvalue weighted by atomic mass is 9.88. The first-order valence-electron chi connectivity index (χ1n) is 11.5. The maximum atomic E-state index is 12.9. The number of piperidine rings is 1. The predicted molar refractivity (Wildman–Crippen MR) is 127 cm³/mol. The van der Waals surface area contributed by atoms with Gasteiger partial charge in [0.2, 0.25) is 0 Å². The summed E-state index contributed by atoms with van der Waals surface area (Å²) in [4.78, 5) is 21.7. The zero-order chi connectivity index (χ0) is 24.2. The fourth-order valence-corrected chi connectivity index (χ4v) is 5.27. The number of nitrogens with zero attached hydrogens (tertiary/aromatic N) is 4. The molecule has 2 atom stereocenters. The van der Waals surface area contributed by atoms with Crippen molar-refractivity contribution in [1.82, 2.24) is 14.5 Å². The number of hydrogen-bond acceptors (Lipinski definition) is 4. The number of anilines is 1. The molecule has 1 saturated heterocycles. The Labute approximate surface area is 196 Å². The van der Waals surface area contributed by atoms with E-state index in [1.165, 1.54) is 17.7 Å². The highest BCUT2D eigenvalue weighted by atomic mass is 19.4. The van der Waals surface area contributed by atoms with Crippen molar-refractivity contribution < 1.29 is 13.2 Å². The third-order valence-corrected chi connectivity index (χ3v) is 7.21. The molecule has 2 aliphatic heterocycles. The molecule has 2 aromatic heterocycles. The summed E-state index contributed by atoms with van der Waals surface area (Å²) in [5.74, 6) is 0.454. The smallest absolute Gasteiger partial charge is 0.371 e. The molecule has 34 heavy (non-hydrogen) atoms. The molecule has 0 bridgehead atoms. The summed E-state index contributed by atoms with van der Waals surface area (Å²) in [5, 5.41) is 0. The number of alkyl halides is 3. The Balaban J connectivity index is 1.44. The van der Waals surface area contributed by atoms with Gasteiger partial charge in [0.15, 0.2) is 0 Å². The Morgan fingerprint density at radius 3 is 2.53 bits per heavy atom. The molecule has 5 nitrogen and oxygen atoms in total. The van der Waals surface area contributed by atoms with Crippen LogP contribution >= 0.6 is 0 Å². The van der Waals surface area contributed by atoms with E-state index in [9.17, 15) is 18.0 Å². The van der Waals surface area contributed by atoms with E-state index in [2.05, 4.69) is 47.8 Å². The molecule has 0 N–H and O–H groups in total. The van der Waals surface area contributed by atoms with Crippen molar-refractivity contribution in [3.05, 3.63) is 76.3 Å². The van der Waals surface area contributed by atoms with Crippen LogP contribution in [0.1, 0.15) is 37.3 Å². The summed E-state index contributed by atoms with van der Waals surface area (Å²) < 4.78 is 40.0. The topological polar surface area (TPSA) is 41.4 Å². The zero-order valence-corrected chi connectivity index (χ0v) is 19.4. The molecular formula is C26H27F3N4O. The summed E-state index contributed by atoms with van der Waals surface area (Å²) in [7, 11) is 2.13. The maximum absolute atomic E-state index is 12.9. The molecular weight excluding hydrogens is 441 g/mol. The van der Waals surface area contributed by atoms with Crippen LogP contribution in [0.4, 0.5) is 18.9 Å². The van der Waals surface area contributed by atoms with Crippen LogP contribution in [0.5, 0.6) is 0 Å². The van der Waals surface area contributed by atoms with Crippen molar-refractivity contribution in [2.75, 3.05) is 25.0 Å². The number of aromatic nitrogens is 2. The van der Waals surface area contributed by atoms with Gasteiger partial charge in [0.05, 0.1) is 16.9 Å². The predicted octanol–water partition coefficient (Wildman–Crippen LogP) is 4.93. The zero-order valence-electron chi connectivity index (χ0n) is 19.4. The van der Waals surface area contributed by atoms with E-state index in [4.69, 9.17) is 0 Å². The first kappa shape index (κ1) is 22.7. The molecule has 0 saturated carbocycles. The summed E-state index contributed by atoms with van der Waals surface area (Å²) in [6, 6.07) is 12.5. The SMILES string of the molecule is CC(C)N1CCC2C(C1)c1ccc(-n3ccc(-c4ccc(C(F)(F)F)cn4)cc3=O)cc1N2C. The Kier molecular flexibility index (Phi) is 5.51. The second kappa shape index (κ2) is 8.27. The molecule has 0 radical (unpaired) electrons. The van der Waals surface area contributed by atoms with Gasteiger partial charge in [-0.25, -0.2) is 0 Å². The van der Waals surface area contributed by atoms with Crippen LogP contribution in [0, 0.1) is 0 Å². The third kappa shape index (κ3) is 3.90. The van der Waals surface area contributed by atoms with Crippen LogP contribution in [0.2, 0.25) is 0 Å². The van der Waals surface area contributed by atoms with Crippen LogP contribution in [0.15, 0.2) is 59.7 Å². The van der Waals surface area contributed by atoms with Crippen molar-refractivity contribution >= 4 is 5.69 Å². The minimum absolute atomic E-state index is 0.261. The Morgan fingerprint density at radius 1 is 1.09 bits per heavy atom. The van der Waals surface area contributed by atoms with Gasteiger partial charge in [-0.05, 0) is 56.2 Å². The number of fused-ring (bicyclic) bond motifs is 3. The number of halogens is 3. The van der Waals surface area contributed by atoms with E-state index in [1.54, 1.807) is 16.8 Å². The minimum Gasteiger partial charge on any atom is -0.371 e. The number of hydrogen-bond donors (Lipinski definition) is 0. The van der Waals surface area contributed by atoms with Gasteiger partial charge in [-0.2, -0.15) is 13.2 Å². The monoisotopic (exact) mass is 468 g/mol. The Hall–Kier alpha value is -3.13. The molecule has 178 valence electrons. The summed E-state index contributed by atoms with van der Waals surface area (Å²) >= 11 is 0. The van der Waals surface area contributed by atoms with Crippen LogP contribution in [0.3, 0.4) is 0 Å². The second-order valence-corrected chi connectivity index (χ2v) is 9.46. The van der Waals surface area contributed by atoms with E-state index in [1.807, 2.05) is 6.07 Å². The van der Waals surface area contributed by atoms with Gasteiger partial charge >= 0.3 is 6.18 Å². The number of likely N-dealkylation sites (tertiary alicyclic amines) is 1. The van der Waals surface area contributed by atoms with Gasteiger partial charge in [-0.1, -0.05) is 6.07 Å². The fraction of sp³-hybridized carbons (Fsp3) is 0.385. The lowest BCUT2D eigenvalue weighted by Gasteiger charge is -2.39. The minimum atomic E-state index is -4.44. The molecule has 0 amide bonds. The van der Waals surface area contributed by atoms with E-state index in [0.29, 0.717) is 29.3 Å². The maximum Gasteiger partial charge on any atom is 0.417 e. The molecule has 1 fully saturated rings. The molecule has 2 aliphatic rings. The highest BCUT2D eigenvalue weighted by Gasteiger charge is 2.40. The lowest BCUT2D eigenvalue weighted by molar-refractivity contribution is -0.137. The van der Waals surface area contributed by atoms with Crippen molar-refractivity contribution in [2.45, 2.75) is 44.4 Å². The number of likely N-dealkylation sites (N-methyl/N-ethyl adjacent to an activating group) is 1. The first-order valence-corrected chi connectivity index (χ1v) is 11.5. The number of benzene rings is 1. The summed E-state index contributed by atoms with van der Waals surface area (Å²) in [6.45, 7) is 6.59. The molecule has 8 heteroatoms. The highest BCUT2D eigenvalue weighted by molar-refractivity contribution is 5.66. The molecule has 1 aromatic carbocycles. The van der Waals surface area contributed by atoms with E-state index in [-0.39, 0.29) is 5.56 Å². The average molecular weight is 469 g/mol. The second-order valence-electron chi connectivity index (χ2n) is 9.46. The van der Waals surface area contributed by atoms with Gasteiger partial charge < -0.3 is 9.80 Å². The number of pyridine rings is 2. The average Bonchev–Trinajstić information content (AvgIpc) is 3.09. The number of rotatable bonds is 3. The molecule has 0 aliphatic carbocycles. The van der Waals surface area contributed by atoms with Gasteiger partial charge in [-0.3, -0.25) is 14.3 Å². The van der Waals surface area contributed by atoms with Crippen molar-refractivity contribution in [1.29, 1.82) is 0 Å². The molecule has 5 rings (SSSR count). The highest BCUT2D eigenvalue weighted by Crippen LogP contribution is 2.44. The van der Waals surface area contributed by atoms with Crippen molar-refractivity contribution in [3.8, 4) is 16.9 Å². The fourth-order valence-electron chi connectivity index (χ4n) is 5.27. The van der Waals surface area contributed by atoms with Gasteiger partial charge in [0, 0.05) is 67.8 Å². The van der Waals surface area contributed by atoms with Gasteiger partial charge in [0.25, 0.3) is 5.56 Å². The molecule has 3 aromatic rings. The van der Waals surface area contributed by atoms with Crippen molar-refractivity contribution in [2.24, 2.45) is 0 Å².